The summed E-state index contributed by atoms with van der Waals surface area (Å²) in [5.41, 5.74) is -1.45. The van der Waals surface area contributed by atoms with Crippen molar-refractivity contribution in [1.82, 2.24) is 9.78 Å². The zero-order valence-corrected chi connectivity index (χ0v) is 23.1. The number of carbonyl (C=O) groups is 1. The highest BCUT2D eigenvalue weighted by Crippen LogP contribution is 2.61. The number of benzene rings is 2. The van der Waals surface area contributed by atoms with Crippen LogP contribution in [0.25, 0.3) is 0 Å². The van der Waals surface area contributed by atoms with Gasteiger partial charge in [-0.25, -0.2) is 17.2 Å². The van der Waals surface area contributed by atoms with E-state index in [4.69, 9.17) is 11.6 Å². The van der Waals surface area contributed by atoms with Gasteiger partial charge >= 0.3 is 0 Å². The summed E-state index contributed by atoms with van der Waals surface area (Å²) in [7, 11) is -2.44. The highest BCUT2D eigenvalue weighted by Gasteiger charge is 2.68. The van der Waals surface area contributed by atoms with E-state index in [1.807, 2.05) is 6.92 Å². The smallest absolute Gasteiger partial charge is 0.255 e. The predicted molar refractivity (Wildman–Crippen MR) is 141 cm³/mol. The van der Waals surface area contributed by atoms with E-state index in [9.17, 15) is 37.3 Å². The molecular weight excluding hydrogens is 568 g/mol. The Kier molecular flexibility index (Phi) is 7.28. The molecule has 1 heterocycles. The number of fused-ring (bicyclic) bond motifs is 2. The van der Waals surface area contributed by atoms with E-state index in [1.165, 1.54) is 35.3 Å². The summed E-state index contributed by atoms with van der Waals surface area (Å²) in [5.74, 6) is -4.32. The number of aryl methyl sites for hydroxylation is 1. The minimum Gasteiger partial charge on any atom is -0.387 e. The van der Waals surface area contributed by atoms with Gasteiger partial charge in [-0.05, 0) is 60.9 Å². The third kappa shape index (κ3) is 4.61. The van der Waals surface area contributed by atoms with E-state index < -0.39 is 62.3 Å². The van der Waals surface area contributed by atoms with E-state index in [2.05, 4.69) is 10.4 Å². The van der Waals surface area contributed by atoms with Gasteiger partial charge in [-0.2, -0.15) is 5.10 Å². The monoisotopic (exact) mass is 595 g/mol. The molecule has 214 valence electrons. The zero-order chi connectivity index (χ0) is 29.1. The molecule has 4 unspecified atom stereocenters. The lowest BCUT2D eigenvalue weighted by Gasteiger charge is -2.64. The summed E-state index contributed by atoms with van der Waals surface area (Å²) in [6.45, 7) is 1.87. The van der Waals surface area contributed by atoms with Crippen molar-refractivity contribution in [2.45, 2.75) is 47.7 Å². The van der Waals surface area contributed by atoms with Crippen molar-refractivity contribution in [3.8, 4) is 0 Å². The number of nitrogens with one attached hydrogen (secondary N) is 1. The van der Waals surface area contributed by atoms with Gasteiger partial charge in [0.25, 0.3) is 5.91 Å². The van der Waals surface area contributed by atoms with E-state index in [0.717, 1.165) is 18.2 Å². The molecule has 4 atom stereocenters. The molecular formula is C27H28ClF2N3O6S. The first kappa shape index (κ1) is 28.6. The number of aromatic nitrogens is 2. The normalized spacial score (nSPS) is 27.5. The quantitative estimate of drug-likeness (QED) is 0.328. The largest absolute Gasteiger partial charge is 0.387 e. The standard InChI is InChI=1S/C27H28ClF2N3O6S/c1-13-18-9-17(10-19(13)27(18,37)25(35)24(34)15-11-31-33(2)12-15)40(38,39)23-7-14(3-5-20(23)28)26(36)32-16-4-6-21(29)22(30)8-16/h3-8,11-13,17-19,24-25,34-35,37H,9-10H2,1-2H3,(H,32,36)/t13-,17+,18?,19?,24?,25?,27+. The molecule has 3 fully saturated rings. The molecule has 9 nitrogen and oxygen atoms in total. The van der Waals surface area contributed by atoms with Crippen LogP contribution in [0.4, 0.5) is 14.5 Å². The number of amides is 1. The summed E-state index contributed by atoms with van der Waals surface area (Å²) < 4.78 is 55.7. The Labute approximate surface area is 234 Å². The lowest BCUT2D eigenvalue weighted by molar-refractivity contribution is -0.280. The van der Waals surface area contributed by atoms with Crippen molar-refractivity contribution in [3.05, 3.63) is 76.6 Å². The fraction of sp³-hybridized carbons (Fsp3) is 0.407. The van der Waals surface area contributed by atoms with Crippen LogP contribution >= 0.6 is 11.6 Å². The molecule has 3 aliphatic rings. The number of hydrogen-bond donors (Lipinski definition) is 4. The molecule has 40 heavy (non-hydrogen) atoms. The second kappa shape index (κ2) is 10.2. The van der Waals surface area contributed by atoms with Crippen LogP contribution in [0.1, 0.15) is 41.8 Å². The zero-order valence-electron chi connectivity index (χ0n) is 21.5. The Bertz CT molecular complexity index is 1570. The van der Waals surface area contributed by atoms with Crippen molar-refractivity contribution < 1.29 is 37.3 Å². The molecule has 6 rings (SSSR count). The molecule has 3 aromatic rings. The molecule has 0 saturated heterocycles. The van der Waals surface area contributed by atoms with Gasteiger partial charge in [0, 0.05) is 36.1 Å². The van der Waals surface area contributed by atoms with E-state index >= 15 is 0 Å². The molecule has 1 aromatic heterocycles. The fourth-order valence-electron chi connectivity index (χ4n) is 6.29. The van der Waals surface area contributed by atoms with Crippen LogP contribution in [-0.4, -0.2) is 56.4 Å². The van der Waals surface area contributed by atoms with Crippen molar-refractivity contribution >= 4 is 33.0 Å². The Hall–Kier alpha value is -2.90. The number of aliphatic hydroxyl groups excluding tert-OH is 2. The van der Waals surface area contributed by atoms with Crippen LogP contribution in [0.5, 0.6) is 0 Å². The van der Waals surface area contributed by atoms with Gasteiger partial charge in [-0.3, -0.25) is 9.48 Å². The van der Waals surface area contributed by atoms with Crippen LogP contribution in [0.15, 0.2) is 53.7 Å². The van der Waals surface area contributed by atoms with E-state index in [-0.39, 0.29) is 39.9 Å². The lowest BCUT2D eigenvalue weighted by atomic mass is 9.45. The van der Waals surface area contributed by atoms with E-state index in [1.54, 1.807) is 7.05 Å². The predicted octanol–water partition coefficient (Wildman–Crippen LogP) is 3.25. The maximum atomic E-state index is 13.7. The average Bonchev–Trinajstić information content (AvgIpc) is 3.36. The summed E-state index contributed by atoms with van der Waals surface area (Å²) in [4.78, 5) is 12.5. The molecule has 2 aromatic carbocycles. The topological polar surface area (TPSA) is 142 Å². The van der Waals surface area contributed by atoms with Gasteiger partial charge in [0.1, 0.15) is 12.2 Å². The Morgan fingerprint density at radius 3 is 2.42 bits per heavy atom. The first-order chi connectivity index (χ1) is 18.7. The number of anilines is 1. The van der Waals surface area contributed by atoms with Crippen molar-refractivity contribution in [2.75, 3.05) is 5.32 Å². The maximum absolute atomic E-state index is 13.7. The number of halogens is 3. The number of sulfone groups is 1. The third-order valence-corrected chi connectivity index (χ3v) is 11.1. The Morgan fingerprint density at radius 1 is 1.15 bits per heavy atom. The average molecular weight is 596 g/mol. The van der Waals surface area contributed by atoms with Crippen molar-refractivity contribution in [1.29, 1.82) is 0 Å². The van der Waals surface area contributed by atoms with E-state index in [0.29, 0.717) is 5.56 Å². The van der Waals surface area contributed by atoms with Crippen LogP contribution in [0.2, 0.25) is 5.02 Å². The molecule has 1 amide bonds. The van der Waals surface area contributed by atoms with Crippen LogP contribution in [-0.2, 0) is 16.9 Å². The summed E-state index contributed by atoms with van der Waals surface area (Å²) in [6.07, 6.45) is -0.0358. The third-order valence-electron chi connectivity index (χ3n) is 8.45. The Balaban J connectivity index is 1.36. The van der Waals surface area contributed by atoms with Crippen LogP contribution in [0, 0.1) is 29.4 Å². The first-order valence-corrected chi connectivity index (χ1v) is 14.5. The highest BCUT2D eigenvalue weighted by molar-refractivity contribution is 7.92. The Morgan fingerprint density at radius 2 is 1.82 bits per heavy atom. The number of carbonyl (C=O) groups excluding carboxylic acids is 1. The molecule has 13 heteroatoms. The molecule has 2 bridgehead atoms. The molecule has 3 aliphatic carbocycles. The summed E-state index contributed by atoms with van der Waals surface area (Å²) in [6, 6.07) is 6.53. The van der Waals surface area contributed by atoms with Crippen molar-refractivity contribution in [2.24, 2.45) is 24.8 Å². The second-order valence-electron chi connectivity index (χ2n) is 10.7. The molecule has 3 saturated carbocycles. The molecule has 0 aliphatic heterocycles. The number of rotatable bonds is 7. The van der Waals surface area contributed by atoms with Gasteiger partial charge in [0.15, 0.2) is 21.5 Å². The summed E-state index contributed by atoms with van der Waals surface area (Å²) in [5, 5.41) is 38.5. The highest BCUT2D eigenvalue weighted by atomic mass is 35.5. The maximum Gasteiger partial charge on any atom is 0.255 e. The molecule has 0 spiro atoms. The van der Waals surface area contributed by atoms with Crippen molar-refractivity contribution in [3.63, 3.8) is 0 Å². The van der Waals surface area contributed by atoms with Crippen LogP contribution in [0.3, 0.4) is 0 Å². The molecule has 4 N–H and O–H groups in total. The first-order valence-electron chi connectivity index (χ1n) is 12.6. The van der Waals surface area contributed by atoms with Gasteiger partial charge in [-0.1, -0.05) is 18.5 Å². The number of hydrogen-bond acceptors (Lipinski definition) is 7. The fourth-order valence-corrected chi connectivity index (χ4v) is 8.64. The SMILES string of the molecule is Cn1cc(C(O)C(O)[C@]2(O)C3C[C@H](S(=O)(=O)c4cc(C(=O)Nc5ccc(F)c(F)c5)ccc4Cl)CC2[C@@H]3C)cn1. The van der Waals surface area contributed by atoms with Gasteiger partial charge < -0.3 is 20.6 Å². The number of aliphatic hydroxyl groups is 3. The summed E-state index contributed by atoms with van der Waals surface area (Å²) >= 11 is 6.26. The van der Waals surface area contributed by atoms with Gasteiger partial charge in [0.2, 0.25) is 0 Å². The second-order valence-corrected chi connectivity index (χ2v) is 13.3. The molecule has 0 radical (unpaired) electrons. The van der Waals surface area contributed by atoms with Crippen LogP contribution < -0.4 is 5.32 Å². The lowest BCUT2D eigenvalue weighted by Crippen LogP contribution is -2.72. The minimum absolute atomic E-state index is 0.00886. The minimum atomic E-state index is -4.09. The number of nitrogens with zero attached hydrogens (tertiary/aromatic N) is 2. The van der Waals surface area contributed by atoms with Gasteiger partial charge in [-0.15, -0.1) is 0 Å². The van der Waals surface area contributed by atoms with Gasteiger partial charge in [0.05, 0.1) is 27.0 Å².